The highest BCUT2D eigenvalue weighted by Crippen LogP contribution is 2.49. The van der Waals surface area contributed by atoms with Crippen molar-refractivity contribution in [3.63, 3.8) is 0 Å². The van der Waals surface area contributed by atoms with Gasteiger partial charge in [-0.05, 0) is 80.2 Å². The minimum atomic E-state index is -3.92. The van der Waals surface area contributed by atoms with Crippen LogP contribution in [0.25, 0.3) is 0 Å². The number of sulfonamides is 1. The molecule has 2 aromatic carbocycles. The molecule has 0 spiro atoms. The molecule has 3 unspecified atom stereocenters. The summed E-state index contributed by atoms with van der Waals surface area (Å²) in [6.07, 6.45) is 7.53. The van der Waals surface area contributed by atoms with Crippen LogP contribution in [-0.4, -0.2) is 34.5 Å². The van der Waals surface area contributed by atoms with Crippen molar-refractivity contribution in [3.05, 3.63) is 42.5 Å². The molecule has 2 bridgehead atoms. The maximum absolute atomic E-state index is 13.5. The number of anilines is 3. The van der Waals surface area contributed by atoms with Crippen LogP contribution >= 0.6 is 0 Å². The Morgan fingerprint density at radius 2 is 1.88 bits per heavy atom. The first-order valence-corrected chi connectivity index (χ1v) is 13.8. The zero-order valence-electron chi connectivity index (χ0n) is 19.6. The molecule has 34 heavy (non-hydrogen) atoms. The third-order valence-electron chi connectivity index (χ3n) is 7.66. The second-order valence-electron chi connectivity index (χ2n) is 9.87. The SMILES string of the molecule is COc1ccccc1NS(=O)(=O)c1cc(NC(=O)CC2CC3CCC2C3)ccc1N1CCCC1. The number of hydrogen-bond donors (Lipinski definition) is 2. The molecule has 3 fully saturated rings. The van der Waals surface area contributed by atoms with Crippen LogP contribution in [0.4, 0.5) is 17.1 Å². The van der Waals surface area contributed by atoms with Crippen LogP contribution in [0, 0.1) is 17.8 Å². The third kappa shape index (κ3) is 4.73. The Labute approximate surface area is 201 Å². The number of ether oxygens (including phenoxy) is 1. The van der Waals surface area contributed by atoms with E-state index in [-0.39, 0.29) is 10.8 Å². The quantitative estimate of drug-likeness (QED) is 0.560. The normalized spacial score (nSPS) is 23.8. The van der Waals surface area contributed by atoms with Gasteiger partial charge in [0.1, 0.15) is 10.6 Å². The number of fused-ring (bicyclic) bond motifs is 2. The summed E-state index contributed by atoms with van der Waals surface area (Å²) < 4.78 is 35.1. The zero-order chi connectivity index (χ0) is 23.7. The maximum Gasteiger partial charge on any atom is 0.264 e. The lowest BCUT2D eigenvalue weighted by molar-refractivity contribution is -0.117. The van der Waals surface area contributed by atoms with Crippen LogP contribution in [0.15, 0.2) is 47.4 Å². The number of amides is 1. The van der Waals surface area contributed by atoms with Crippen molar-refractivity contribution < 1.29 is 17.9 Å². The number of rotatable bonds is 8. The number of benzene rings is 2. The second kappa shape index (κ2) is 9.49. The van der Waals surface area contributed by atoms with Crippen molar-refractivity contribution in [3.8, 4) is 5.75 Å². The number of para-hydroxylation sites is 2. The molecule has 3 aliphatic rings. The molecule has 1 aliphatic heterocycles. The van der Waals surface area contributed by atoms with Crippen molar-refractivity contribution in [2.75, 3.05) is 35.1 Å². The summed E-state index contributed by atoms with van der Waals surface area (Å²) in [6.45, 7) is 1.63. The third-order valence-corrected chi connectivity index (χ3v) is 9.06. The lowest BCUT2D eigenvalue weighted by atomic mass is 9.86. The molecule has 5 rings (SSSR count). The number of carbonyl (C=O) groups is 1. The average molecular weight is 484 g/mol. The van der Waals surface area contributed by atoms with E-state index in [1.807, 2.05) is 12.1 Å². The van der Waals surface area contributed by atoms with Crippen LogP contribution in [-0.2, 0) is 14.8 Å². The number of hydrogen-bond acceptors (Lipinski definition) is 5. The van der Waals surface area contributed by atoms with Gasteiger partial charge in [-0.25, -0.2) is 8.42 Å². The Morgan fingerprint density at radius 1 is 1.09 bits per heavy atom. The van der Waals surface area contributed by atoms with E-state index in [9.17, 15) is 13.2 Å². The van der Waals surface area contributed by atoms with E-state index in [1.54, 1.807) is 30.3 Å². The molecule has 2 saturated carbocycles. The lowest BCUT2D eigenvalue weighted by Gasteiger charge is -2.23. The van der Waals surface area contributed by atoms with Crippen LogP contribution < -0.4 is 19.7 Å². The van der Waals surface area contributed by atoms with Crippen molar-refractivity contribution in [1.82, 2.24) is 0 Å². The highest BCUT2D eigenvalue weighted by molar-refractivity contribution is 7.93. The van der Waals surface area contributed by atoms with E-state index in [1.165, 1.54) is 26.4 Å². The van der Waals surface area contributed by atoms with Crippen LogP contribution in [0.2, 0.25) is 0 Å². The first-order chi connectivity index (χ1) is 16.4. The second-order valence-corrected chi connectivity index (χ2v) is 11.5. The fourth-order valence-corrected chi connectivity index (χ4v) is 7.35. The first kappa shape index (κ1) is 23.0. The molecule has 2 aromatic rings. The van der Waals surface area contributed by atoms with Gasteiger partial charge >= 0.3 is 0 Å². The van der Waals surface area contributed by atoms with Gasteiger partial charge in [-0.3, -0.25) is 9.52 Å². The molecule has 3 atom stereocenters. The summed E-state index contributed by atoms with van der Waals surface area (Å²) in [5, 5.41) is 2.97. The molecule has 2 aliphatic carbocycles. The predicted octanol–water partition coefficient (Wildman–Crippen LogP) is 4.86. The summed E-state index contributed by atoms with van der Waals surface area (Å²) in [5.41, 5.74) is 1.55. The molecule has 1 amide bonds. The van der Waals surface area contributed by atoms with Crippen molar-refractivity contribution in [2.24, 2.45) is 17.8 Å². The molecular formula is C26H33N3O4S. The Hall–Kier alpha value is -2.74. The minimum Gasteiger partial charge on any atom is -0.495 e. The van der Waals surface area contributed by atoms with Crippen molar-refractivity contribution in [1.29, 1.82) is 0 Å². The number of nitrogens with one attached hydrogen (secondary N) is 2. The van der Waals surface area contributed by atoms with Gasteiger partial charge in [0.05, 0.1) is 18.5 Å². The van der Waals surface area contributed by atoms with E-state index >= 15 is 0 Å². The van der Waals surface area contributed by atoms with E-state index in [2.05, 4.69) is 14.9 Å². The van der Waals surface area contributed by atoms with Gasteiger partial charge in [0, 0.05) is 25.2 Å². The van der Waals surface area contributed by atoms with Crippen LogP contribution in [0.5, 0.6) is 5.75 Å². The molecule has 182 valence electrons. The van der Waals surface area contributed by atoms with Crippen LogP contribution in [0.1, 0.15) is 44.9 Å². The predicted molar refractivity (Wildman–Crippen MR) is 134 cm³/mol. The minimum absolute atomic E-state index is 0.0347. The number of carbonyl (C=O) groups excluding carboxylic acids is 1. The molecular weight excluding hydrogens is 450 g/mol. The monoisotopic (exact) mass is 483 g/mol. The topological polar surface area (TPSA) is 87.7 Å². The van der Waals surface area contributed by atoms with Crippen molar-refractivity contribution >= 4 is 33.0 Å². The van der Waals surface area contributed by atoms with Gasteiger partial charge in [0.2, 0.25) is 5.91 Å². The standard InChI is InChI=1S/C26H33N3O4S/c1-33-24-7-3-2-6-22(24)28-34(31,32)25-17-21(10-11-23(25)29-12-4-5-13-29)27-26(30)16-20-15-18-8-9-19(20)14-18/h2-3,6-7,10-11,17-20,28H,4-5,8-9,12-16H2,1H3,(H,27,30). The molecule has 1 heterocycles. The lowest BCUT2D eigenvalue weighted by Crippen LogP contribution is -2.24. The molecule has 1 saturated heterocycles. The highest BCUT2D eigenvalue weighted by Gasteiger charge is 2.40. The fraction of sp³-hybridized carbons (Fsp3) is 0.500. The maximum atomic E-state index is 13.5. The van der Waals surface area contributed by atoms with Gasteiger partial charge in [0.15, 0.2) is 0 Å². The summed E-state index contributed by atoms with van der Waals surface area (Å²) in [6, 6.07) is 12.2. The summed E-state index contributed by atoms with van der Waals surface area (Å²) in [7, 11) is -2.42. The van der Waals surface area contributed by atoms with Crippen LogP contribution in [0.3, 0.4) is 0 Å². The van der Waals surface area contributed by atoms with E-state index in [0.717, 1.165) is 38.3 Å². The van der Waals surface area contributed by atoms with Gasteiger partial charge in [-0.1, -0.05) is 18.6 Å². The van der Waals surface area contributed by atoms with E-state index < -0.39 is 10.0 Å². The Kier molecular flexibility index (Phi) is 6.42. The smallest absolute Gasteiger partial charge is 0.264 e. The molecule has 0 radical (unpaired) electrons. The zero-order valence-corrected chi connectivity index (χ0v) is 20.4. The van der Waals surface area contributed by atoms with Gasteiger partial charge in [-0.2, -0.15) is 0 Å². The van der Waals surface area contributed by atoms with Crippen molar-refractivity contribution in [2.45, 2.75) is 49.8 Å². The number of methoxy groups -OCH3 is 1. The Bertz CT molecular complexity index is 1160. The molecule has 8 heteroatoms. The van der Waals surface area contributed by atoms with Gasteiger partial charge in [0.25, 0.3) is 10.0 Å². The van der Waals surface area contributed by atoms with E-state index in [0.29, 0.717) is 41.1 Å². The molecule has 7 nitrogen and oxygen atoms in total. The largest absolute Gasteiger partial charge is 0.495 e. The summed E-state index contributed by atoms with van der Waals surface area (Å²) in [4.78, 5) is 15.1. The Morgan fingerprint density at radius 3 is 2.59 bits per heavy atom. The summed E-state index contributed by atoms with van der Waals surface area (Å²) in [5.74, 6) is 2.34. The fourth-order valence-electron chi connectivity index (χ4n) is 6.03. The van der Waals surface area contributed by atoms with E-state index in [4.69, 9.17) is 4.74 Å². The number of nitrogens with zero attached hydrogens (tertiary/aromatic N) is 1. The molecule has 0 aromatic heterocycles. The average Bonchev–Trinajstić information content (AvgIpc) is 3.58. The summed E-state index contributed by atoms with van der Waals surface area (Å²) >= 11 is 0. The molecule has 2 N–H and O–H groups in total. The highest BCUT2D eigenvalue weighted by atomic mass is 32.2. The Balaban J connectivity index is 1.39. The van der Waals surface area contributed by atoms with Gasteiger partial charge < -0.3 is 15.0 Å². The van der Waals surface area contributed by atoms with Gasteiger partial charge in [-0.15, -0.1) is 0 Å². The first-order valence-electron chi connectivity index (χ1n) is 12.3.